The zero-order chi connectivity index (χ0) is 15.4. The summed E-state index contributed by atoms with van der Waals surface area (Å²) in [5.74, 6) is -0.961. The zero-order valence-corrected chi connectivity index (χ0v) is 12.2. The number of carboxylic acid groups (broad SMARTS) is 1. The first-order valence-corrected chi connectivity index (χ1v) is 6.65. The van der Waals surface area contributed by atoms with E-state index < -0.39 is 5.97 Å². The van der Waals surface area contributed by atoms with Crippen LogP contribution in [0.25, 0.3) is 0 Å². The fourth-order valence-corrected chi connectivity index (χ4v) is 1.74. The van der Waals surface area contributed by atoms with Crippen LogP contribution >= 0.6 is 0 Å². The van der Waals surface area contributed by atoms with Crippen LogP contribution in [0.15, 0.2) is 41.8 Å². The second kappa shape index (κ2) is 6.21. The van der Waals surface area contributed by atoms with E-state index in [4.69, 9.17) is 5.11 Å². The maximum Gasteiger partial charge on any atom is 0.335 e. The highest BCUT2D eigenvalue weighted by Gasteiger charge is 2.05. The largest absolute Gasteiger partial charge is 0.478 e. The molecule has 1 aromatic carbocycles. The average molecular weight is 286 g/mol. The quantitative estimate of drug-likeness (QED) is 0.654. The van der Waals surface area contributed by atoms with Crippen LogP contribution in [0.5, 0.6) is 0 Å². The summed E-state index contributed by atoms with van der Waals surface area (Å²) in [5, 5.41) is 17.5. The summed E-state index contributed by atoms with van der Waals surface area (Å²) in [5.41, 5.74) is 5.42. The molecule has 0 atom stereocenters. The molecular weight excluding hydrogens is 268 g/mol. The molecule has 0 saturated carbocycles. The van der Waals surface area contributed by atoms with Crippen molar-refractivity contribution in [3.63, 3.8) is 0 Å². The number of carboxylic acids is 1. The average Bonchev–Trinajstić information content (AvgIpc) is 2.95. The Bertz CT molecular complexity index is 674. The van der Waals surface area contributed by atoms with Crippen molar-refractivity contribution < 1.29 is 9.90 Å². The molecule has 110 valence electrons. The Labute approximate surface area is 123 Å². The van der Waals surface area contributed by atoms with E-state index in [1.54, 1.807) is 18.3 Å². The Morgan fingerprint density at radius 2 is 2.14 bits per heavy atom. The van der Waals surface area contributed by atoms with E-state index in [9.17, 15) is 4.79 Å². The monoisotopic (exact) mass is 286 g/mol. The first-order chi connectivity index (χ1) is 9.97. The number of carbonyl (C=O) groups is 1. The number of benzene rings is 1. The number of hydrogen-bond acceptors (Lipinski definition) is 4. The normalized spacial score (nSPS) is 11.7. The molecule has 21 heavy (non-hydrogen) atoms. The minimum absolute atomic E-state index is 0.223. The number of aromatic carboxylic acids is 1. The van der Waals surface area contributed by atoms with Crippen molar-refractivity contribution >= 4 is 17.4 Å². The van der Waals surface area contributed by atoms with Gasteiger partial charge in [-0.1, -0.05) is 6.07 Å². The smallest absolute Gasteiger partial charge is 0.335 e. The molecule has 1 aromatic heterocycles. The Hall–Kier alpha value is -2.63. The van der Waals surface area contributed by atoms with Crippen molar-refractivity contribution in [3.8, 4) is 0 Å². The van der Waals surface area contributed by atoms with E-state index in [-0.39, 0.29) is 5.56 Å². The molecule has 1 heterocycles. The summed E-state index contributed by atoms with van der Waals surface area (Å²) >= 11 is 0. The van der Waals surface area contributed by atoms with Gasteiger partial charge >= 0.3 is 5.97 Å². The third kappa shape index (κ3) is 3.68. The fraction of sp³-hybridized carbons (Fsp3) is 0.267. The van der Waals surface area contributed by atoms with E-state index in [0.717, 1.165) is 11.3 Å². The maximum absolute atomic E-state index is 10.9. The first kappa shape index (κ1) is 14.8. The number of aromatic nitrogens is 2. The number of nitrogens with one attached hydrogen (secondary N) is 1. The van der Waals surface area contributed by atoms with Crippen molar-refractivity contribution in [1.82, 2.24) is 9.78 Å². The molecule has 0 bridgehead atoms. The molecule has 0 unspecified atom stereocenters. The van der Waals surface area contributed by atoms with Crippen LogP contribution in [0.1, 0.15) is 42.7 Å². The molecule has 0 saturated heterocycles. The molecule has 6 nitrogen and oxygen atoms in total. The fourth-order valence-electron chi connectivity index (χ4n) is 1.74. The molecule has 6 heteroatoms. The van der Waals surface area contributed by atoms with Crippen molar-refractivity contribution in [2.75, 3.05) is 5.43 Å². The Morgan fingerprint density at radius 3 is 2.76 bits per heavy atom. The summed E-state index contributed by atoms with van der Waals surface area (Å²) < 4.78 is 1.86. The Morgan fingerprint density at radius 1 is 1.38 bits per heavy atom. The van der Waals surface area contributed by atoms with E-state index >= 15 is 0 Å². The van der Waals surface area contributed by atoms with Crippen LogP contribution in [-0.2, 0) is 0 Å². The van der Waals surface area contributed by atoms with Gasteiger partial charge in [0.05, 0.1) is 23.2 Å². The number of anilines is 1. The van der Waals surface area contributed by atoms with Gasteiger partial charge in [0.25, 0.3) is 0 Å². The lowest BCUT2D eigenvalue weighted by molar-refractivity contribution is 0.0697. The third-order valence-corrected chi connectivity index (χ3v) is 3.01. The second-order valence-corrected chi connectivity index (χ2v) is 5.00. The standard InChI is InChI=1S/C15H18N4O2/c1-10(2)19-9-13(8-16-19)11(3)17-18-14-6-4-5-12(7-14)15(20)21/h4-10,18H,1-3H3,(H,20,21). The predicted molar refractivity (Wildman–Crippen MR) is 81.8 cm³/mol. The van der Waals surface area contributed by atoms with Gasteiger partial charge in [-0.05, 0) is 39.0 Å². The van der Waals surface area contributed by atoms with Gasteiger partial charge in [0.15, 0.2) is 0 Å². The minimum atomic E-state index is -0.961. The highest BCUT2D eigenvalue weighted by molar-refractivity contribution is 5.98. The molecule has 0 fully saturated rings. The van der Waals surface area contributed by atoms with Crippen LogP contribution in [0.2, 0.25) is 0 Å². The topological polar surface area (TPSA) is 79.5 Å². The lowest BCUT2D eigenvalue weighted by Gasteiger charge is -2.04. The van der Waals surface area contributed by atoms with E-state index in [2.05, 4.69) is 29.5 Å². The zero-order valence-electron chi connectivity index (χ0n) is 12.2. The summed E-state index contributed by atoms with van der Waals surface area (Å²) in [6, 6.07) is 6.81. The number of hydrogen-bond donors (Lipinski definition) is 2. The lowest BCUT2D eigenvalue weighted by atomic mass is 10.2. The van der Waals surface area contributed by atoms with Gasteiger partial charge in [0.2, 0.25) is 0 Å². The van der Waals surface area contributed by atoms with Crippen molar-refractivity contribution in [2.45, 2.75) is 26.8 Å². The minimum Gasteiger partial charge on any atom is -0.478 e. The van der Waals surface area contributed by atoms with Crippen molar-refractivity contribution in [1.29, 1.82) is 0 Å². The molecule has 2 N–H and O–H groups in total. The highest BCUT2D eigenvalue weighted by atomic mass is 16.4. The number of rotatable bonds is 5. The second-order valence-electron chi connectivity index (χ2n) is 5.00. The predicted octanol–water partition coefficient (Wildman–Crippen LogP) is 3.00. The van der Waals surface area contributed by atoms with Crippen LogP contribution < -0.4 is 5.43 Å². The molecule has 0 spiro atoms. The van der Waals surface area contributed by atoms with Gasteiger partial charge in [0.1, 0.15) is 0 Å². The van der Waals surface area contributed by atoms with Crippen LogP contribution in [0, 0.1) is 0 Å². The molecule has 0 aliphatic carbocycles. The van der Waals surface area contributed by atoms with Crippen LogP contribution in [0.3, 0.4) is 0 Å². The summed E-state index contributed by atoms with van der Waals surface area (Å²) in [7, 11) is 0. The van der Waals surface area contributed by atoms with Gasteiger partial charge in [-0.3, -0.25) is 10.1 Å². The van der Waals surface area contributed by atoms with Gasteiger partial charge in [-0.25, -0.2) is 4.79 Å². The Kier molecular flexibility index (Phi) is 4.37. The Balaban J connectivity index is 2.12. The van der Waals surface area contributed by atoms with Gasteiger partial charge in [-0.2, -0.15) is 10.2 Å². The summed E-state index contributed by atoms with van der Waals surface area (Å²) in [6.45, 7) is 5.98. The summed E-state index contributed by atoms with van der Waals surface area (Å²) in [4.78, 5) is 10.9. The highest BCUT2D eigenvalue weighted by Crippen LogP contribution is 2.12. The van der Waals surface area contributed by atoms with Gasteiger partial charge in [0, 0.05) is 17.8 Å². The first-order valence-electron chi connectivity index (χ1n) is 6.65. The molecular formula is C15H18N4O2. The lowest BCUT2D eigenvalue weighted by Crippen LogP contribution is -2.02. The molecule has 0 amide bonds. The number of hydrazone groups is 1. The third-order valence-electron chi connectivity index (χ3n) is 3.01. The van der Waals surface area contributed by atoms with E-state index in [1.165, 1.54) is 12.1 Å². The van der Waals surface area contributed by atoms with Gasteiger partial charge < -0.3 is 5.11 Å². The summed E-state index contributed by atoms with van der Waals surface area (Å²) in [6.07, 6.45) is 3.69. The van der Waals surface area contributed by atoms with Gasteiger partial charge in [-0.15, -0.1) is 0 Å². The van der Waals surface area contributed by atoms with Crippen molar-refractivity contribution in [2.24, 2.45) is 5.10 Å². The van der Waals surface area contributed by atoms with Crippen LogP contribution in [0.4, 0.5) is 5.69 Å². The molecule has 2 aromatic rings. The maximum atomic E-state index is 10.9. The SMILES string of the molecule is CC(=NNc1cccc(C(=O)O)c1)c1cnn(C(C)C)c1. The van der Waals surface area contributed by atoms with E-state index in [0.29, 0.717) is 11.7 Å². The van der Waals surface area contributed by atoms with Crippen molar-refractivity contribution in [3.05, 3.63) is 47.8 Å². The van der Waals surface area contributed by atoms with E-state index in [1.807, 2.05) is 17.8 Å². The molecule has 0 radical (unpaired) electrons. The number of nitrogens with zero attached hydrogens (tertiary/aromatic N) is 3. The molecule has 0 aliphatic heterocycles. The molecule has 0 aliphatic rings. The van der Waals surface area contributed by atoms with Crippen LogP contribution in [-0.4, -0.2) is 26.6 Å². The molecule has 2 rings (SSSR count).